The molecule has 0 saturated carbocycles. The van der Waals surface area contributed by atoms with Crippen LogP contribution in [0.15, 0.2) is 83.5 Å². The first kappa shape index (κ1) is 17.1. The Balaban J connectivity index is 0.00000182. The van der Waals surface area contributed by atoms with E-state index < -0.39 is 0 Å². The number of pyridine rings is 1. The van der Waals surface area contributed by atoms with E-state index in [0.717, 1.165) is 16.8 Å². The van der Waals surface area contributed by atoms with Gasteiger partial charge in [-0.1, -0.05) is 60.7 Å². The van der Waals surface area contributed by atoms with Gasteiger partial charge in [-0.2, -0.15) is 0 Å². The molecule has 4 nitrogen and oxygen atoms in total. The summed E-state index contributed by atoms with van der Waals surface area (Å²) in [6, 6.07) is 21.2. The molecule has 0 fully saturated rings. The number of aromatic hydroxyl groups is 1. The predicted octanol–water partition coefficient (Wildman–Crippen LogP) is 4.77. The van der Waals surface area contributed by atoms with Gasteiger partial charge < -0.3 is 9.52 Å². The van der Waals surface area contributed by atoms with E-state index in [9.17, 15) is 5.11 Å². The van der Waals surface area contributed by atoms with Gasteiger partial charge >= 0.3 is 0 Å². The summed E-state index contributed by atoms with van der Waals surface area (Å²) in [7, 11) is 0. The third kappa shape index (κ3) is 3.37. The van der Waals surface area contributed by atoms with Crippen LogP contribution in [0.25, 0.3) is 34.0 Å². The molecule has 4 rings (SSSR count). The second-order valence-electron chi connectivity index (χ2n) is 5.32. The molecule has 0 amide bonds. The fourth-order valence-electron chi connectivity index (χ4n) is 2.56. The smallest absolute Gasteiger partial charge is 0.232 e. The van der Waals surface area contributed by atoms with Gasteiger partial charge in [0.1, 0.15) is 11.4 Å². The maximum atomic E-state index is 10.1. The number of nitrogens with zero attached hydrogens (tertiary/aromatic N) is 2. The van der Waals surface area contributed by atoms with Crippen LogP contribution in [-0.4, -0.2) is 15.1 Å². The zero-order valence-electron chi connectivity index (χ0n) is 13.5. The maximum Gasteiger partial charge on any atom is 0.232 e. The quantitative estimate of drug-likeness (QED) is 0.521. The van der Waals surface area contributed by atoms with Crippen molar-refractivity contribution in [1.82, 2.24) is 9.97 Å². The van der Waals surface area contributed by atoms with Crippen molar-refractivity contribution in [2.24, 2.45) is 0 Å². The molecule has 0 aliphatic carbocycles. The zero-order valence-corrected chi connectivity index (χ0v) is 16.4. The minimum atomic E-state index is 0. The Bertz CT molecular complexity index is 912. The molecule has 118 valence electrons. The van der Waals surface area contributed by atoms with Crippen molar-refractivity contribution < 1.29 is 29.0 Å². The van der Waals surface area contributed by atoms with Gasteiger partial charge in [0.25, 0.3) is 0 Å². The Labute approximate surface area is 158 Å². The summed E-state index contributed by atoms with van der Waals surface area (Å²) < 4.78 is 6.01. The SMILES string of the molecule is Oc1ccncc1-c1nc(-c2ccccc2)c(-c2ccccc2)o1.[Zn]. The third-order valence-corrected chi connectivity index (χ3v) is 3.74. The van der Waals surface area contributed by atoms with Crippen LogP contribution in [-0.2, 0) is 19.5 Å². The van der Waals surface area contributed by atoms with E-state index in [-0.39, 0.29) is 25.2 Å². The van der Waals surface area contributed by atoms with Crippen LogP contribution < -0.4 is 0 Å². The molecule has 0 saturated heterocycles. The fourth-order valence-corrected chi connectivity index (χ4v) is 2.56. The molecule has 0 aliphatic heterocycles. The minimum Gasteiger partial charge on any atom is -0.507 e. The van der Waals surface area contributed by atoms with E-state index in [1.165, 1.54) is 12.3 Å². The van der Waals surface area contributed by atoms with Crippen LogP contribution in [0.5, 0.6) is 5.75 Å². The first-order valence-corrected chi connectivity index (χ1v) is 7.58. The average molecular weight is 380 g/mol. The van der Waals surface area contributed by atoms with Crippen LogP contribution in [0.3, 0.4) is 0 Å². The fraction of sp³-hybridized carbons (Fsp3) is 0. The second-order valence-corrected chi connectivity index (χ2v) is 5.32. The van der Waals surface area contributed by atoms with E-state index in [4.69, 9.17) is 4.42 Å². The van der Waals surface area contributed by atoms with Crippen molar-refractivity contribution in [2.75, 3.05) is 0 Å². The minimum absolute atomic E-state index is 0. The van der Waals surface area contributed by atoms with Crippen molar-refractivity contribution in [2.45, 2.75) is 0 Å². The third-order valence-electron chi connectivity index (χ3n) is 3.74. The Morgan fingerprint density at radius 1 is 0.800 bits per heavy atom. The number of aromatic nitrogens is 2. The topological polar surface area (TPSA) is 59.2 Å². The zero-order chi connectivity index (χ0) is 16.4. The molecule has 0 aliphatic rings. The molecule has 2 heterocycles. The standard InChI is InChI=1S/C20H14N2O2.Zn/c23-17-11-12-21-13-16(17)20-22-18(14-7-3-1-4-8-14)19(24-20)15-9-5-2-6-10-15;/h1-13H,(H,21,23);. The monoisotopic (exact) mass is 378 g/mol. The molecular formula is C20H14N2O2Zn. The largest absolute Gasteiger partial charge is 0.507 e. The molecule has 0 bridgehead atoms. The summed E-state index contributed by atoms with van der Waals surface area (Å²) in [6.07, 6.45) is 3.07. The van der Waals surface area contributed by atoms with E-state index >= 15 is 0 Å². The van der Waals surface area contributed by atoms with Crippen LogP contribution in [0.1, 0.15) is 0 Å². The molecular weight excluding hydrogens is 366 g/mol. The van der Waals surface area contributed by atoms with Gasteiger partial charge in [-0.3, -0.25) is 4.98 Å². The molecule has 5 heteroatoms. The molecule has 25 heavy (non-hydrogen) atoms. The summed E-state index contributed by atoms with van der Waals surface area (Å²) >= 11 is 0. The Hall–Kier alpha value is -2.78. The van der Waals surface area contributed by atoms with Gasteiger partial charge in [0, 0.05) is 43.0 Å². The van der Waals surface area contributed by atoms with Gasteiger partial charge in [-0.05, 0) is 6.07 Å². The Morgan fingerprint density at radius 2 is 1.44 bits per heavy atom. The second kappa shape index (κ2) is 7.41. The average Bonchev–Trinajstić information content (AvgIpc) is 3.09. The Kier molecular flexibility index (Phi) is 5.06. The summed E-state index contributed by atoms with van der Waals surface area (Å²) in [6.45, 7) is 0. The number of oxazole rings is 1. The summed E-state index contributed by atoms with van der Waals surface area (Å²) in [5.41, 5.74) is 3.09. The number of hydrogen-bond donors (Lipinski definition) is 1. The van der Waals surface area contributed by atoms with E-state index in [1.807, 2.05) is 60.7 Å². The van der Waals surface area contributed by atoms with Gasteiger partial charge in [-0.25, -0.2) is 4.98 Å². The number of benzene rings is 2. The molecule has 0 unspecified atom stereocenters. The van der Waals surface area contributed by atoms with E-state index in [2.05, 4.69) is 9.97 Å². The van der Waals surface area contributed by atoms with Gasteiger partial charge in [0.05, 0.1) is 5.56 Å². The Morgan fingerprint density at radius 3 is 2.08 bits per heavy atom. The molecule has 2 aromatic heterocycles. The van der Waals surface area contributed by atoms with Crippen molar-refractivity contribution in [3.05, 3.63) is 79.1 Å². The summed E-state index contributed by atoms with van der Waals surface area (Å²) in [5, 5.41) is 10.1. The summed E-state index contributed by atoms with van der Waals surface area (Å²) in [5.74, 6) is 1.10. The van der Waals surface area contributed by atoms with Gasteiger partial charge in [-0.15, -0.1) is 0 Å². The molecule has 1 N–H and O–H groups in total. The van der Waals surface area contributed by atoms with Crippen molar-refractivity contribution in [1.29, 1.82) is 0 Å². The first-order valence-electron chi connectivity index (χ1n) is 7.58. The normalized spacial score (nSPS) is 10.2. The van der Waals surface area contributed by atoms with Crippen LogP contribution >= 0.6 is 0 Å². The van der Waals surface area contributed by atoms with Gasteiger partial charge in [0.2, 0.25) is 5.89 Å². The molecule has 4 aromatic rings. The van der Waals surface area contributed by atoms with Crippen molar-refractivity contribution in [3.63, 3.8) is 0 Å². The summed E-state index contributed by atoms with van der Waals surface area (Å²) in [4.78, 5) is 8.67. The van der Waals surface area contributed by atoms with Crippen LogP contribution in [0.2, 0.25) is 0 Å². The first-order chi connectivity index (χ1) is 11.8. The molecule has 0 spiro atoms. The number of rotatable bonds is 3. The predicted molar refractivity (Wildman–Crippen MR) is 92.3 cm³/mol. The van der Waals surface area contributed by atoms with E-state index in [0.29, 0.717) is 17.2 Å². The van der Waals surface area contributed by atoms with Crippen molar-refractivity contribution in [3.8, 4) is 39.8 Å². The molecule has 0 atom stereocenters. The molecule has 0 radical (unpaired) electrons. The van der Waals surface area contributed by atoms with E-state index in [1.54, 1.807) is 6.20 Å². The van der Waals surface area contributed by atoms with Crippen LogP contribution in [0.4, 0.5) is 0 Å². The van der Waals surface area contributed by atoms with Crippen molar-refractivity contribution >= 4 is 0 Å². The molecule has 2 aromatic carbocycles. The number of hydrogen-bond acceptors (Lipinski definition) is 4. The maximum absolute atomic E-state index is 10.1. The van der Waals surface area contributed by atoms with Crippen LogP contribution in [0, 0.1) is 0 Å². The van der Waals surface area contributed by atoms with Gasteiger partial charge in [0.15, 0.2) is 5.76 Å².